The number of aromatic nitrogens is 2. The van der Waals surface area contributed by atoms with Crippen LogP contribution in [0.5, 0.6) is 0 Å². The quantitative estimate of drug-likeness (QED) is 0.664. The van der Waals surface area contributed by atoms with E-state index >= 15 is 0 Å². The van der Waals surface area contributed by atoms with Gasteiger partial charge in [0.05, 0.1) is 11.6 Å². The van der Waals surface area contributed by atoms with E-state index < -0.39 is 0 Å². The molecule has 1 aliphatic rings. The number of hydrogen-bond acceptors (Lipinski definition) is 4. The highest BCUT2D eigenvalue weighted by Gasteiger charge is 2.27. The van der Waals surface area contributed by atoms with Crippen LogP contribution in [-0.2, 0) is 11.2 Å². The molecule has 1 aliphatic heterocycles. The number of carbonyl (C=O) groups excluding carboxylic acids is 1. The lowest BCUT2D eigenvalue weighted by molar-refractivity contribution is -0.120. The van der Waals surface area contributed by atoms with E-state index in [0.717, 1.165) is 54.1 Å². The number of aryl methyl sites for hydroxylation is 2. The second-order valence-electron chi connectivity index (χ2n) is 7.88. The zero-order chi connectivity index (χ0) is 20.9. The average molecular weight is 401 g/mol. The smallest absolute Gasteiger partial charge is 0.229 e. The summed E-state index contributed by atoms with van der Waals surface area (Å²) in [4.78, 5) is 15.1. The Kier molecular flexibility index (Phi) is 6.07. The van der Waals surface area contributed by atoms with Gasteiger partial charge in [-0.3, -0.25) is 4.79 Å². The van der Waals surface area contributed by atoms with Crippen molar-refractivity contribution in [2.45, 2.75) is 33.1 Å². The van der Waals surface area contributed by atoms with Gasteiger partial charge in [-0.15, -0.1) is 10.2 Å². The van der Waals surface area contributed by atoms with E-state index in [-0.39, 0.29) is 11.8 Å². The Morgan fingerprint density at radius 3 is 2.63 bits per heavy atom. The molecule has 0 bridgehead atoms. The van der Waals surface area contributed by atoms with E-state index in [0.29, 0.717) is 6.54 Å². The number of nitrogens with zero attached hydrogens (tertiary/aromatic N) is 3. The van der Waals surface area contributed by atoms with Crippen molar-refractivity contribution in [1.29, 1.82) is 0 Å². The molecule has 0 spiro atoms. The molecule has 3 aromatic rings. The van der Waals surface area contributed by atoms with Gasteiger partial charge in [0.15, 0.2) is 5.82 Å². The Balaban J connectivity index is 1.45. The summed E-state index contributed by atoms with van der Waals surface area (Å²) in [5, 5.41) is 12.1. The molecule has 0 saturated carbocycles. The number of nitrogens with one attached hydrogen (secondary N) is 1. The monoisotopic (exact) mass is 400 g/mol. The Morgan fingerprint density at radius 1 is 1.07 bits per heavy atom. The van der Waals surface area contributed by atoms with Gasteiger partial charge in [0.2, 0.25) is 5.91 Å². The summed E-state index contributed by atoms with van der Waals surface area (Å²) in [7, 11) is 0. The maximum atomic E-state index is 12.9. The lowest BCUT2D eigenvalue weighted by Gasteiger charge is -2.32. The molecule has 1 N–H and O–H groups in total. The lowest BCUT2D eigenvalue weighted by atomic mass is 9.96. The minimum atomic E-state index is -0.0542. The van der Waals surface area contributed by atoms with Crippen molar-refractivity contribution in [1.82, 2.24) is 10.2 Å². The van der Waals surface area contributed by atoms with Crippen molar-refractivity contribution in [2.75, 3.05) is 23.3 Å². The normalized spacial score (nSPS) is 16.3. The van der Waals surface area contributed by atoms with E-state index in [4.69, 9.17) is 0 Å². The third-order valence-corrected chi connectivity index (χ3v) is 5.84. The molecular weight excluding hydrogens is 372 g/mol. The summed E-state index contributed by atoms with van der Waals surface area (Å²) >= 11 is 0. The van der Waals surface area contributed by atoms with Crippen LogP contribution in [0.15, 0.2) is 60.7 Å². The minimum absolute atomic E-state index is 0.0542. The maximum Gasteiger partial charge on any atom is 0.229 e. The van der Waals surface area contributed by atoms with Crippen molar-refractivity contribution in [2.24, 2.45) is 5.92 Å². The fourth-order valence-corrected chi connectivity index (χ4v) is 4.08. The molecule has 1 saturated heterocycles. The first-order valence-corrected chi connectivity index (χ1v) is 10.7. The van der Waals surface area contributed by atoms with Gasteiger partial charge in [-0.2, -0.15) is 0 Å². The largest absolute Gasteiger partial charge is 0.354 e. The summed E-state index contributed by atoms with van der Waals surface area (Å²) in [5.41, 5.74) is 5.24. The van der Waals surface area contributed by atoms with Crippen LogP contribution in [0.4, 0.5) is 11.5 Å². The van der Waals surface area contributed by atoms with Gasteiger partial charge in [-0.25, -0.2) is 0 Å². The van der Waals surface area contributed by atoms with Crippen molar-refractivity contribution < 1.29 is 4.79 Å². The fourth-order valence-electron chi connectivity index (χ4n) is 4.08. The van der Waals surface area contributed by atoms with E-state index in [2.05, 4.69) is 52.5 Å². The average Bonchev–Trinajstić information content (AvgIpc) is 2.80. The van der Waals surface area contributed by atoms with E-state index in [9.17, 15) is 4.79 Å². The molecule has 2 aromatic carbocycles. The molecule has 5 nitrogen and oxygen atoms in total. The molecule has 1 amide bonds. The summed E-state index contributed by atoms with van der Waals surface area (Å²) < 4.78 is 0. The van der Waals surface area contributed by atoms with E-state index in [1.54, 1.807) is 0 Å². The summed E-state index contributed by atoms with van der Waals surface area (Å²) in [6.07, 6.45) is 2.76. The van der Waals surface area contributed by atoms with Crippen LogP contribution in [0.1, 0.15) is 30.9 Å². The Morgan fingerprint density at radius 2 is 1.87 bits per heavy atom. The highest BCUT2D eigenvalue weighted by atomic mass is 16.1. The van der Waals surface area contributed by atoms with Gasteiger partial charge in [-0.05, 0) is 55.5 Å². The molecule has 1 fully saturated rings. The van der Waals surface area contributed by atoms with E-state index in [1.807, 2.05) is 42.5 Å². The van der Waals surface area contributed by atoms with Gasteiger partial charge >= 0.3 is 0 Å². The summed E-state index contributed by atoms with van der Waals surface area (Å²) in [5.74, 6) is 0.866. The molecule has 2 heterocycles. The number of hydrogen-bond donors (Lipinski definition) is 1. The van der Waals surface area contributed by atoms with Crippen LogP contribution in [0.2, 0.25) is 0 Å². The highest BCUT2D eigenvalue weighted by Crippen LogP contribution is 2.26. The second kappa shape index (κ2) is 9.08. The molecule has 0 radical (unpaired) electrons. The maximum absolute atomic E-state index is 12.9. The molecule has 4 rings (SSSR count). The molecule has 1 unspecified atom stereocenters. The molecule has 154 valence electrons. The van der Waals surface area contributed by atoms with Gasteiger partial charge in [0.1, 0.15) is 0 Å². The molecule has 1 atom stereocenters. The first-order chi connectivity index (χ1) is 14.7. The minimum Gasteiger partial charge on any atom is -0.354 e. The van der Waals surface area contributed by atoms with E-state index in [1.165, 1.54) is 5.56 Å². The van der Waals surface area contributed by atoms with Gasteiger partial charge in [0, 0.05) is 24.3 Å². The van der Waals surface area contributed by atoms with Crippen LogP contribution in [0.3, 0.4) is 0 Å². The van der Waals surface area contributed by atoms with Gasteiger partial charge < -0.3 is 10.2 Å². The highest BCUT2D eigenvalue weighted by molar-refractivity contribution is 5.93. The first-order valence-electron chi connectivity index (χ1n) is 10.7. The molecule has 5 heteroatoms. The van der Waals surface area contributed by atoms with Gasteiger partial charge in [0.25, 0.3) is 0 Å². The van der Waals surface area contributed by atoms with Crippen molar-refractivity contribution in [3.05, 3.63) is 71.8 Å². The van der Waals surface area contributed by atoms with Crippen LogP contribution in [-0.4, -0.2) is 29.2 Å². The number of carbonyl (C=O) groups is 1. The molecule has 30 heavy (non-hydrogen) atoms. The lowest BCUT2D eigenvalue weighted by Crippen LogP contribution is -2.41. The molecule has 1 aromatic heterocycles. The zero-order valence-electron chi connectivity index (χ0n) is 17.6. The van der Waals surface area contributed by atoms with Crippen molar-refractivity contribution in [3.63, 3.8) is 0 Å². The van der Waals surface area contributed by atoms with Crippen LogP contribution < -0.4 is 10.2 Å². The fraction of sp³-hybridized carbons (Fsp3) is 0.320. The number of anilines is 2. The third kappa shape index (κ3) is 4.35. The topological polar surface area (TPSA) is 58.1 Å². The summed E-state index contributed by atoms with van der Waals surface area (Å²) in [6, 6.07) is 20.2. The number of para-hydroxylation sites is 1. The molecule has 0 aliphatic carbocycles. The van der Waals surface area contributed by atoms with Crippen molar-refractivity contribution in [3.8, 4) is 11.3 Å². The predicted octanol–water partition coefficient (Wildman–Crippen LogP) is 4.87. The standard InChI is InChI=1S/C25H28N4O/c1-3-19-10-5-7-13-22(19)26-25(30)20-11-8-16-29(17-20)24-15-14-23(27-28-24)21-12-6-4-9-18(21)2/h4-7,9-10,12-15,20H,3,8,11,16-17H2,1-2H3,(H,26,30). The number of rotatable bonds is 5. The zero-order valence-corrected chi connectivity index (χ0v) is 17.6. The Hall–Kier alpha value is -3.21. The number of amides is 1. The van der Waals surface area contributed by atoms with Crippen LogP contribution >= 0.6 is 0 Å². The third-order valence-electron chi connectivity index (χ3n) is 5.84. The van der Waals surface area contributed by atoms with Crippen LogP contribution in [0.25, 0.3) is 11.3 Å². The molecular formula is C25H28N4O. The Labute approximate surface area is 178 Å². The number of piperidine rings is 1. The Bertz CT molecular complexity index is 1020. The van der Waals surface area contributed by atoms with Crippen LogP contribution in [0, 0.1) is 12.8 Å². The SMILES string of the molecule is CCc1ccccc1NC(=O)C1CCCN(c2ccc(-c3ccccc3C)nn2)C1. The predicted molar refractivity (Wildman–Crippen MR) is 122 cm³/mol. The van der Waals surface area contributed by atoms with Crippen molar-refractivity contribution >= 4 is 17.4 Å². The first kappa shape index (κ1) is 20.1. The number of benzene rings is 2. The summed E-state index contributed by atoms with van der Waals surface area (Å²) in [6.45, 7) is 5.74. The second-order valence-corrected chi connectivity index (χ2v) is 7.88. The van der Waals surface area contributed by atoms with Gasteiger partial charge in [-0.1, -0.05) is 49.4 Å².